The number of aromatic amines is 1. The van der Waals surface area contributed by atoms with Crippen LogP contribution in [-0.2, 0) is 4.79 Å². The quantitative estimate of drug-likeness (QED) is 0.886. The lowest BCUT2D eigenvalue weighted by Gasteiger charge is -2.36. The molecule has 1 aromatic heterocycles. The topological polar surface area (TPSA) is 69.3 Å². The summed E-state index contributed by atoms with van der Waals surface area (Å²) in [4.78, 5) is 37.3. The molecule has 0 aliphatic carbocycles. The maximum Gasteiger partial charge on any atom is 0.258 e. The molecule has 150 valence electrons. The van der Waals surface area contributed by atoms with Crippen LogP contribution >= 0.6 is 0 Å². The number of piperidine rings is 1. The Hall–Kier alpha value is -2.21. The summed E-state index contributed by atoms with van der Waals surface area (Å²) in [6.07, 6.45) is 6.55. The second-order valence-electron chi connectivity index (χ2n) is 8.19. The predicted octanol–water partition coefficient (Wildman–Crippen LogP) is 3.10. The second-order valence-corrected chi connectivity index (χ2v) is 8.19. The van der Waals surface area contributed by atoms with Crippen molar-refractivity contribution in [2.24, 2.45) is 5.92 Å². The van der Waals surface area contributed by atoms with Gasteiger partial charge in [0.1, 0.15) is 5.82 Å². The van der Waals surface area contributed by atoms with Crippen LogP contribution in [0.5, 0.6) is 0 Å². The normalized spacial score (nSPS) is 20.8. The van der Waals surface area contributed by atoms with Crippen molar-refractivity contribution in [2.45, 2.75) is 51.5 Å². The molecule has 0 unspecified atom stereocenters. The Balaban J connectivity index is 1.40. The van der Waals surface area contributed by atoms with Gasteiger partial charge in [-0.3, -0.25) is 14.5 Å². The highest BCUT2D eigenvalue weighted by Crippen LogP contribution is 2.27. The van der Waals surface area contributed by atoms with Gasteiger partial charge in [0.2, 0.25) is 5.91 Å². The lowest BCUT2D eigenvalue weighted by atomic mass is 9.94. The minimum absolute atomic E-state index is 0.0338. The molecule has 1 N–H and O–H groups in total. The van der Waals surface area contributed by atoms with Crippen LogP contribution in [0.4, 0.5) is 0 Å². The van der Waals surface area contributed by atoms with E-state index in [4.69, 9.17) is 0 Å². The number of aromatic nitrogens is 2. The first kappa shape index (κ1) is 19.1. The number of H-pyrrole nitrogens is 1. The third kappa shape index (κ3) is 3.97. The summed E-state index contributed by atoms with van der Waals surface area (Å²) in [6, 6.07) is 7.48. The SMILES string of the molecule is C[C@@H](c1nc2ccccc2c(=O)[nH]1)N1CCC(C(=O)N2CCCCCC2)CC1. The number of para-hydroxylation sites is 1. The molecule has 0 spiro atoms. The lowest BCUT2D eigenvalue weighted by Crippen LogP contribution is -2.43. The fourth-order valence-electron chi connectivity index (χ4n) is 4.56. The number of hydrogen-bond acceptors (Lipinski definition) is 4. The molecule has 4 rings (SSSR count). The van der Waals surface area contributed by atoms with Crippen LogP contribution in [-0.4, -0.2) is 51.9 Å². The van der Waals surface area contributed by atoms with E-state index in [0.29, 0.717) is 17.1 Å². The first-order valence-electron chi connectivity index (χ1n) is 10.7. The van der Waals surface area contributed by atoms with Gasteiger partial charge in [-0.1, -0.05) is 25.0 Å². The Kier molecular flexibility index (Phi) is 5.76. The summed E-state index contributed by atoms with van der Waals surface area (Å²) < 4.78 is 0. The molecule has 1 aromatic carbocycles. The first-order chi connectivity index (χ1) is 13.6. The number of likely N-dealkylation sites (tertiary alicyclic amines) is 2. The van der Waals surface area contributed by atoms with Gasteiger partial charge in [-0.15, -0.1) is 0 Å². The van der Waals surface area contributed by atoms with Crippen molar-refractivity contribution in [1.29, 1.82) is 0 Å². The molecule has 28 heavy (non-hydrogen) atoms. The van der Waals surface area contributed by atoms with Crippen molar-refractivity contribution in [3.63, 3.8) is 0 Å². The van der Waals surface area contributed by atoms with E-state index in [-0.39, 0.29) is 17.5 Å². The Bertz CT molecular complexity index is 877. The zero-order valence-corrected chi connectivity index (χ0v) is 16.7. The number of carbonyl (C=O) groups is 1. The van der Waals surface area contributed by atoms with E-state index in [9.17, 15) is 9.59 Å². The molecule has 1 atom stereocenters. The van der Waals surface area contributed by atoms with E-state index in [1.807, 2.05) is 18.2 Å². The number of rotatable bonds is 3. The van der Waals surface area contributed by atoms with Gasteiger partial charge < -0.3 is 9.88 Å². The second kappa shape index (κ2) is 8.43. The molecule has 2 saturated heterocycles. The van der Waals surface area contributed by atoms with Crippen LogP contribution < -0.4 is 5.56 Å². The molecule has 2 aliphatic rings. The molecular weight excluding hydrogens is 352 g/mol. The van der Waals surface area contributed by atoms with Gasteiger partial charge >= 0.3 is 0 Å². The third-order valence-electron chi connectivity index (χ3n) is 6.37. The largest absolute Gasteiger partial charge is 0.342 e. The van der Waals surface area contributed by atoms with Crippen molar-refractivity contribution in [2.75, 3.05) is 26.2 Å². The summed E-state index contributed by atoms with van der Waals surface area (Å²) in [7, 11) is 0. The lowest BCUT2D eigenvalue weighted by molar-refractivity contribution is -0.137. The fourth-order valence-corrected chi connectivity index (χ4v) is 4.56. The highest BCUT2D eigenvalue weighted by molar-refractivity contribution is 5.79. The monoisotopic (exact) mass is 382 g/mol. The highest BCUT2D eigenvalue weighted by Gasteiger charge is 2.31. The van der Waals surface area contributed by atoms with E-state index >= 15 is 0 Å². The van der Waals surface area contributed by atoms with Crippen LogP contribution in [0.3, 0.4) is 0 Å². The van der Waals surface area contributed by atoms with Gasteiger partial charge in [0, 0.05) is 19.0 Å². The summed E-state index contributed by atoms with van der Waals surface area (Å²) in [5.41, 5.74) is 0.651. The van der Waals surface area contributed by atoms with E-state index in [0.717, 1.165) is 57.4 Å². The van der Waals surface area contributed by atoms with E-state index in [1.165, 1.54) is 12.8 Å². The van der Waals surface area contributed by atoms with Crippen molar-refractivity contribution < 1.29 is 4.79 Å². The van der Waals surface area contributed by atoms with Crippen LogP contribution in [0.25, 0.3) is 10.9 Å². The van der Waals surface area contributed by atoms with Crippen molar-refractivity contribution in [3.05, 3.63) is 40.4 Å². The van der Waals surface area contributed by atoms with Crippen molar-refractivity contribution >= 4 is 16.8 Å². The maximum atomic E-state index is 12.9. The average molecular weight is 383 g/mol. The molecular formula is C22H30N4O2. The van der Waals surface area contributed by atoms with Crippen LogP contribution in [0, 0.1) is 5.92 Å². The highest BCUT2D eigenvalue weighted by atomic mass is 16.2. The summed E-state index contributed by atoms with van der Waals surface area (Å²) in [6.45, 7) is 5.67. The number of carbonyl (C=O) groups excluding carboxylic acids is 1. The fraction of sp³-hybridized carbons (Fsp3) is 0.591. The minimum atomic E-state index is -0.0846. The number of fused-ring (bicyclic) bond motifs is 1. The van der Waals surface area contributed by atoms with E-state index in [1.54, 1.807) is 6.07 Å². The Morgan fingerprint density at radius 1 is 1.07 bits per heavy atom. The Labute approximate surface area is 165 Å². The summed E-state index contributed by atoms with van der Waals surface area (Å²) >= 11 is 0. The van der Waals surface area contributed by atoms with Gasteiger partial charge in [-0.05, 0) is 57.8 Å². The molecule has 0 radical (unpaired) electrons. The molecule has 1 amide bonds. The molecule has 2 aliphatic heterocycles. The summed E-state index contributed by atoms with van der Waals surface area (Å²) in [5.74, 6) is 1.21. The molecule has 2 fully saturated rings. The van der Waals surface area contributed by atoms with Gasteiger partial charge in [-0.2, -0.15) is 0 Å². The molecule has 0 bridgehead atoms. The van der Waals surface area contributed by atoms with Crippen LogP contribution in [0.1, 0.15) is 57.3 Å². The molecule has 0 saturated carbocycles. The smallest absolute Gasteiger partial charge is 0.258 e. The van der Waals surface area contributed by atoms with Gasteiger partial charge in [0.15, 0.2) is 0 Å². The third-order valence-corrected chi connectivity index (χ3v) is 6.37. The molecule has 6 heteroatoms. The standard InChI is InChI=1S/C22H30N4O2/c1-16(20-23-19-9-5-4-8-18(19)21(27)24-20)25-14-10-17(11-15-25)22(28)26-12-6-2-3-7-13-26/h4-5,8-9,16-17H,2-3,6-7,10-15H2,1H3,(H,23,24,27)/t16-/m0/s1. The maximum absolute atomic E-state index is 12.9. The van der Waals surface area contributed by atoms with Gasteiger partial charge in [0.25, 0.3) is 5.56 Å². The van der Waals surface area contributed by atoms with Crippen molar-refractivity contribution in [1.82, 2.24) is 19.8 Å². The van der Waals surface area contributed by atoms with E-state index in [2.05, 4.69) is 26.7 Å². The Morgan fingerprint density at radius 3 is 2.46 bits per heavy atom. The molecule has 2 aromatic rings. The van der Waals surface area contributed by atoms with Crippen molar-refractivity contribution in [3.8, 4) is 0 Å². The first-order valence-corrected chi connectivity index (χ1v) is 10.7. The number of nitrogens with one attached hydrogen (secondary N) is 1. The van der Waals surface area contributed by atoms with Crippen LogP contribution in [0.2, 0.25) is 0 Å². The van der Waals surface area contributed by atoms with Crippen LogP contribution in [0.15, 0.2) is 29.1 Å². The summed E-state index contributed by atoms with van der Waals surface area (Å²) in [5, 5.41) is 0.625. The zero-order chi connectivity index (χ0) is 19.5. The predicted molar refractivity (Wildman–Crippen MR) is 110 cm³/mol. The zero-order valence-electron chi connectivity index (χ0n) is 16.7. The van der Waals surface area contributed by atoms with Gasteiger partial charge in [-0.25, -0.2) is 4.98 Å². The van der Waals surface area contributed by atoms with Gasteiger partial charge in [0.05, 0.1) is 16.9 Å². The number of nitrogens with zero attached hydrogens (tertiary/aromatic N) is 3. The van der Waals surface area contributed by atoms with E-state index < -0.39 is 0 Å². The molecule has 3 heterocycles. The number of amides is 1. The minimum Gasteiger partial charge on any atom is -0.342 e. The Morgan fingerprint density at radius 2 is 1.75 bits per heavy atom. The molecule has 6 nitrogen and oxygen atoms in total. The number of hydrogen-bond donors (Lipinski definition) is 1. The average Bonchev–Trinajstić information content (AvgIpc) is 3.02. The number of benzene rings is 1.